The fraction of sp³-hybridized carbons (Fsp3) is 0.318. The summed E-state index contributed by atoms with van der Waals surface area (Å²) in [6, 6.07) is 17.7. The Morgan fingerprint density at radius 1 is 0.931 bits per heavy atom. The molecule has 7 nitrogen and oxygen atoms in total. The fourth-order valence-electron chi connectivity index (χ4n) is 3.09. The predicted octanol–water partition coefficient (Wildman–Crippen LogP) is 2.74. The van der Waals surface area contributed by atoms with Crippen LogP contribution in [0.4, 0.5) is 0 Å². The van der Waals surface area contributed by atoms with Crippen LogP contribution < -0.4 is 14.8 Å². The second-order valence-corrected chi connectivity index (χ2v) is 6.88. The van der Waals surface area contributed by atoms with E-state index in [0.717, 1.165) is 12.2 Å². The van der Waals surface area contributed by atoms with Crippen LogP contribution in [0.5, 0.6) is 11.5 Å². The largest absolute Gasteiger partial charge is 0.486 e. The summed E-state index contributed by atoms with van der Waals surface area (Å²) in [5.74, 6) is 2.42. The molecule has 0 unspecified atom stereocenters. The second kappa shape index (κ2) is 9.23. The third-order valence-corrected chi connectivity index (χ3v) is 4.64. The number of hydrogen-bond donors (Lipinski definition) is 1. The van der Waals surface area contributed by atoms with Crippen LogP contribution in [0.25, 0.3) is 0 Å². The third kappa shape index (κ3) is 5.34. The summed E-state index contributed by atoms with van der Waals surface area (Å²) < 4.78 is 17.1. The van der Waals surface area contributed by atoms with E-state index in [1.165, 1.54) is 5.56 Å². The van der Waals surface area contributed by atoms with Crippen LogP contribution in [0.3, 0.4) is 0 Å². The van der Waals surface area contributed by atoms with Gasteiger partial charge in [-0.25, -0.2) is 0 Å². The Kier molecular flexibility index (Phi) is 6.04. The van der Waals surface area contributed by atoms with Crippen molar-refractivity contribution in [2.75, 3.05) is 13.2 Å². The quantitative estimate of drug-likeness (QED) is 0.633. The summed E-state index contributed by atoms with van der Waals surface area (Å²) in [6.07, 6.45) is 2.01. The Morgan fingerprint density at radius 3 is 2.48 bits per heavy atom. The Bertz CT molecular complexity index is 942. The van der Waals surface area contributed by atoms with Gasteiger partial charge in [0, 0.05) is 19.3 Å². The minimum absolute atomic E-state index is 0.0866. The van der Waals surface area contributed by atoms with Gasteiger partial charge < -0.3 is 19.2 Å². The fourth-order valence-corrected chi connectivity index (χ4v) is 3.09. The molecule has 4 rings (SSSR count). The standard InChI is InChI=1S/C22H23N3O4/c26-20(23-14-17-15-27-18-8-4-5-9-19(18)28-17)11-13-22-25-24-21(29-22)12-10-16-6-2-1-3-7-16/h1-9,17H,10-15H2,(H,23,26)/t17-/m1/s1. The van der Waals surface area contributed by atoms with Crippen molar-refractivity contribution in [1.29, 1.82) is 0 Å². The number of rotatable bonds is 8. The molecule has 1 amide bonds. The van der Waals surface area contributed by atoms with E-state index in [1.807, 2.05) is 42.5 Å². The van der Waals surface area contributed by atoms with Gasteiger partial charge >= 0.3 is 0 Å². The van der Waals surface area contributed by atoms with E-state index >= 15 is 0 Å². The van der Waals surface area contributed by atoms with Gasteiger partial charge in [0.05, 0.1) is 6.54 Å². The number of aryl methyl sites for hydroxylation is 3. The van der Waals surface area contributed by atoms with Crippen LogP contribution in [0, 0.1) is 0 Å². The van der Waals surface area contributed by atoms with Crippen LogP contribution in [0.15, 0.2) is 59.0 Å². The van der Waals surface area contributed by atoms with E-state index in [2.05, 4.69) is 27.6 Å². The molecule has 1 N–H and O–H groups in total. The van der Waals surface area contributed by atoms with Crippen LogP contribution in [-0.4, -0.2) is 35.4 Å². The number of ether oxygens (including phenoxy) is 2. The van der Waals surface area contributed by atoms with E-state index in [9.17, 15) is 4.79 Å². The molecule has 2 heterocycles. The molecule has 29 heavy (non-hydrogen) atoms. The van der Waals surface area contributed by atoms with Crippen molar-refractivity contribution in [3.63, 3.8) is 0 Å². The van der Waals surface area contributed by atoms with Gasteiger partial charge in [-0.05, 0) is 24.1 Å². The number of nitrogens with one attached hydrogen (secondary N) is 1. The molecule has 1 aromatic heterocycles. The molecule has 0 spiro atoms. The maximum Gasteiger partial charge on any atom is 0.220 e. The number of carbonyl (C=O) groups excluding carboxylic acids is 1. The number of amides is 1. The highest BCUT2D eigenvalue weighted by molar-refractivity contribution is 5.76. The highest BCUT2D eigenvalue weighted by Gasteiger charge is 2.21. The SMILES string of the molecule is O=C(CCc1nnc(CCc2ccccc2)o1)NC[C@@H]1COc2ccccc2O1. The van der Waals surface area contributed by atoms with Gasteiger partial charge in [-0.2, -0.15) is 0 Å². The van der Waals surface area contributed by atoms with Gasteiger partial charge in [0.1, 0.15) is 12.7 Å². The van der Waals surface area contributed by atoms with Crippen molar-refractivity contribution < 1.29 is 18.7 Å². The number of para-hydroxylation sites is 2. The average molecular weight is 393 g/mol. The monoisotopic (exact) mass is 393 g/mol. The van der Waals surface area contributed by atoms with E-state index in [0.29, 0.717) is 43.5 Å². The lowest BCUT2D eigenvalue weighted by molar-refractivity contribution is -0.121. The Hall–Kier alpha value is -3.35. The lowest BCUT2D eigenvalue weighted by Crippen LogP contribution is -2.40. The lowest BCUT2D eigenvalue weighted by Gasteiger charge is -2.26. The summed E-state index contributed by atoms with van der Waals surface area (Å²) in [4.78, 5) is 12.1. The molecule has 0 bridgehead atoms. The molecule has 0 aliphatic carbocycles. The Balaban J connectivity index is 1.17. The van der Waals surface area contributed by atoms with Gasteiger partial charge in [0.2, 0.25) is 17.7 Å². The Morgan fingerprint density at radius 2 is 1.66 bits per heavy atom. The zero-order valence-corrected chi connectivity index (χ0v) is 16.0. The molecule has 0 radical (unpaired) electrons. The number of hydrogen-bond acceptors (Lipinski definition) is 6. The minimum atomic E-state index is -0.207. The highest BCUT2D eigenvalue weighted by Crippen LogP contribution is 2.30. The molecular weight excluding hydrogens is 370 g/mol. The van der Waals surface area contributed by atoms with Crippen LogP contribution in [0.1, 0.15) is 23.8 Å². The molecule has 3 aromatic rings. The predicted molar refractivity (Wildman–Crippen MR) is 106 cm³/mol. The van der Waals surface area contributed by atoms with Crippen LogP contribution in [-0.2, 0) is 24.1 Å². The van der Waals surface area contributed by atoms with Gasteiger partial charge in [0.25, 0.3) is 0 Å². The zero-order chi connectivity index (χ0) is 19.9. The molecule has 2 aromatic carbocycles. The van der Waals surface area contributed by atoms with Crippen molar-refractivity contribution in [2.24, 2.45) is 0 Å². The summed E-state index contributed by atoms with van der Waals surface area (Å²) in [7, 11) is 0. The molecule has 0 saturated carbocycles. The average Bonchev–Trinajstić information content (AvgIpc) is 3.23. The smallest absolute Gasteiger partial charge is 0.220 e. The summed E-state index contributed by atoms with van der Waals surface area (Å²) in [6.45, 7) is 0.797. The van der Waals surface area contributed by atoms with Crippen molar-refractivity contribution >= 4 is 5.91 Å². The van der Waals surface area contributed by atoms with Gasteiger partial charge in [-0.15, -0.1) is 10.2 Å². The first-order valence-corrected chi connectivity index (χ1v) is 9.76. The molecule has 1 atom stereocenters. The topological polar surface area (TPSA) is 86.5 Å². The van der Waals surface area contributed by atoms with Crippen molar-refractivity contribution in [1.82, 2.24) is 15.5 Å². The minimum Gasteiger partial charge on any atom is -0.486 e. The van der Waals surface area contributed by atoms with E-state index in [-0.39, 0.29) is 18.4 Å². The van der Waals surface area contributed by atoms with E-state index in [1.54, 1.807) is 0 Å². The maximum atomic E-state index is 12.1. The molecule has 0 saturated heterocycles. The van der Waals surface area contributed by atoms with Crippen LogP contribution >= 0.6 is 0 Å². The van der Waals surface area contributed by atoms with Gasteiger partial charge in [0.15, 0.2) is 11.5 Å². The highest BCUT2D eigenvalue weighted by atomic mass is 16.6. The van der Waals surface area contributed by atoms with Crippen molar-refractivity contribution in [2.45, 2.75) is 31.8 Å². The first kappa shape index (κ1) is 19.0. The molecule has 0 fully saturated rings. The summed E-state index contributed by atoms with van der Waals surface area (Å²) in [5.41, 5.74) is 1.23. The third-order valence-electron chi connectivity index (χ3n) is 4.64. The number of aromatic nitrogens is 2. The van der Waals surface area contributed by atoms with Gasteiger partial charge in [-0.1, -0.05) is 42.5 Å². The van der Waals surface area contributed by atoms with Crippen LogP contribution in [0.2, 0.25) is 0 Å². The van der Waals surface area contributed by atoms with Crippen molar-refractivity contribution in [3.8, 4) is 11.5 Å². The lowest BCUT2D eigenvalue weighted by atomic mass is 10.1. The number of carbonyl (C=O) groups is 1. The number of fused-ring (bicyclic) bond motifs is 1. The van der Waals surface area contributed by atoms with E-state index < -0.39 is 0 Å². The summed E-state index contributed by atoms with van der Waals surface area (Å²) in [5, 5.41) is 11.0. The van der Waals surface area contributed by atoms with Crippen molar-refractivity contribution in [3.05, 3.63) is 71.9 Å². The first-order chi connectivity index (χ1) is 14.3. The maximum absolute atomic E-state index is 12.1. The number of benzene rings is 2. The molecular formula is C22H23N3O4. The molecule has 1 aliphatic heterocycles. The Labute approximate surface area is 169 Å². The van der Waals surface area contributed by atoms with E-state index in [4.69, 9.17) is 13.9 Å². The zero-order valence-electron chi connectivity index (χ0n) is 16.0. The molecule has 150 valence electrons. The second-order valence-electron chi connectivity index (χ2n) is 6.88. The first-order valence-electron chi connectivity index (χ1n) is 9.76. The molecule has 1 aliphatic rings. The summed E-state index contributed by atoms with van der Waals surface area (Å²) >= 11 is 0. The molecule has 7 heteroatoms. The normalized spacial score (nSPS) is 15.1. The van der Waals surface area contributed by atoms with Gasteiger partial charge in [-0.3, -0.25) is 4.79 Å². The number of nitrogens with zero attached hydrogens (tertiary/aromatic N) is 2.